The minimum Gasteiger partial charge on any atom is -0.397 e. The Morgan fingerprint density at radius 2 is 2.20 bits per heavy atom. The van der Waals surface area contributed by atoms with E-state index in [-0.39, 0.29) is 6.03 Å². The molecule has 4 N–H and O–H groups in total. The SMILES string of the molecule is C/C=C/NC(=O)Nc1ccc(C)cc1N. The van der Waals surface area contributed by atoms with Crippen molar-refractivity contribution in [3.8, 4) is 0 Å². The Hall–Kier alpha value is -1.97. The molecule has 4 heteroatoms. The maximum atomic E-state index is 11.3. The summed E-state index contributed by atoms with van der Waals surface area (Å²) in [6, 6.07) is 5.18. The van der Waals surface area contributed by atoms with Crippen molar-refractivity contribution in [2.75, 3.05) is 11.1 Å². The summed E-state index contributed by atoms with van der Waals surface area (Å²) in [5.41, 5.74) is 7.97. The minimum atomic E-state index is -0.302. The number of hydrogen-bond donors (Lipinski definition) is 3. The van der Waals surface area contributed by atoms with Crippen LogP contribution in [0.15, 0.2) is 30.5 Å². The second-order valence-corrected chi connectivity index (χ2v) is 3.19. The monoisotopic (exact) mass is 205 g/mol. The third kappa shape index (κ3) is 3.34. The van der Waals surface area contributed by atoms with Crippen LogP contribution in [0.25, 0.3) is 0 Å². The maximum absolute atomic E-state index is 11.3. The lowest BCUT2D eigenvalue weighted by Crippen LogP contribution is -2.24. The molecule has 1 rings (SSSR count). The van der Waals surface area contributed by atoms with E-state index in [2.05, 4.69) is 10.6 Å². The average Bonchev–Trinajstić information content (AvgIpc) is 2.19. The van der Waals surface area contributed by atoms with Crippen LogP contribution in [0, 0.1) is 6.92 Å². The van der Waals surface area contributed by atoms with Gasteiger partial charge in [0.05, 0.1) is 11.4 Å². The zero-order chi connectivity index (χ0) is 11.3. The number of nitrogens with one attached hydrogen (secondary N) is 2. The quantitative estimate of drug-likeness (QED) is 0.648. The molecule has 0 atom stereocenters. The largest absolute Gasteiger partial charge is 0.397 e. The molecule has 0 radical (unpaired) electrons. The lowest BCUT2D eigenvalue weighted by atomic mass is 10.2. The number of carbonyl (C=O) groups excluding carboxylic acids is 1. The van der Waals surface area contributed by atoms with Gasteiger partial charge in [0.1, 0.15) is 0 Å². The van der Waals surface area contributed by atoms with Crippen LogP contribution in [0.4, 0.5) is 16.2 Å². The highest BCUT2D eigenvalue weighted by atomic mass is 16.2. The molecule has 0 heterocycles. The predicted octanol–water partition coefficient (Wildman–Crippen LogP) is 2.23. The molecule has 0 spiro atoms. The van der Waals surface area contributed by atoms with E-state index in [0.717, 1.165) is 5.56 Å². The molecule has 0 aromatic heterocycles. The normalized spacial score (nSPS) is 10.3. The molecule has 1 aromatic rings. The van der Waals surface area contributed by atoms with Gasteiger partial charge in [-0.25, -0.2) is 4.79 Å². The standard InChI is InChI=1S/C11H15N3O/c1-3-6-13-11(15)14-10-5-4-8(2)7-9(10)12/h3-7H,12H2,1-2H3,(H2,13,14,15)/b6-3+. The lowest BCUT2D eigenvalue weighted by molar-refractivity contribution is 0.255. The highest BCUT2D eigenvalue weighted by molar-refractivity contribution is 5.93. The van der Waals surface area contributed by atoms with Crippen LogP contribution in [-0.2, 0) is 0 Å². The molecular weight excluding hydrogens is 190 g/mol. The van der Waals surface area contributed by atoms with Crippen molar-refractivity contribution >= 4 is 17.4 Å². The first-order valence-corrected chi connectivity index (χ1v) is 4.68. The molecule has 0 saturated heterocycles. The molecule has 0 fully saturated rings. The van der Waals surface area contributed by atoms with Gasteiger partial charge in [-0.1, -0.05) is 12.1 Å². The van der Waals surface area contributed by atoms with E-state index in [1.807, 2.05) is 26.0 Å². The number of allylic oxidation sites excluding steroid dienone is 1. The molecule has 0 aliphatic carbocycles. The van der Waals surface area contributed by atoms with Crippen molar-refractivity contribution in [3.05, 3.63) is 36.0 Å². The lowest BCUT2D eigenvalue weighted by Gasteiger charge is -2.08. The van der Waals surface area contributed by atoms with Crippen molar-refractivity contribution in [3.63, 3.8) is 0 Å². The number of anilines is 2. The first-order valence-electron chi connectivity index (χ1n) is 4.68. The molecule has 80 valence electrons. The van der Waals surface area contributed by atoms with Crippen LogP contribution in [0.2, 0.25) is 0 Å². The van der Waals surface area contributed by atoms with E-state index < -0.39 is 0 Å². The number of aryl methyl sites for hydroxylation is 1. The van der Waals surface area contributed by atoms with Gasteiger partial charge in [0, 0.05) is 6.20 Å². The number of nitrogens with two attached hydrogens (primary N) is 1. The van der Waals surface area contributed by atoms with Crippen LogP contribution in [-0.4, -0.2) is 6.03 Å². The van der Waals surface area contributed by atoms with Gasteiger partial charge < -0.3 is 16.4 Å². The fourth-order valence-corrected chi connectivity index (χ4v) is 1.11. The smallest absolute Gasteiger partial charge is 0.323 e. The zero-order valence-corrected chi connectivity index (χ0v) is 8.87. The van der Waals surface area contributed by atoms with Crippen LogP contribution in [0.5, 0.6) is 0 Å². The highest BCUT2D eigenvalue weighted by Gasteiger charge is 2.02. The molecule has 0 bridgehead atoms. The Bertz CT molecular complexity index is 385. The van der Waals surface area contributed by atoms with Crippen LogP contribution in [0.3, 0.4) is 0 Å². The third-order valence-electron chi connectivity index (χ3n) is 1.84. The summed E-state index contributed by atoms with van der Waals surface area (Å²) >= 11 is 0. The molecule has 4 nitrogen and oxygen atoms in total. The maximum Gasteiger partial charge on any atom is 0.323 e. The van der Waals surface area contributed by atoms with Crippen molar-refractivity contribution in [1.82, 2.24) is 5.32 Å². The summed E-state index contributed by atoms with van der Waals surface area (Å²) in [6.07, 6.45) is 3.29. The van der Waals surface area contributed by atoms with E-state index >= 15 is 0 Å². The first-order chi connectivity index (χ1) is 7.13. The second-order valence-electron chi connectivity index (χ2n) is 3.19. The second kappa shape index (κ2) is 5.05. The summed E-state index contributed by atoms with van der Waals surface area (Å²) in [6.45, 7) is 3.76. The number of benzene rings is 1. The minimum absolute atomic E-state index is 0.302. The number of urea groups is 1. The van der Waals surface area contributed by atoms with Crippen molar-refractivity contribution < 1.29 is 4.79 Å². The Labute approximate surface area is 89.2 Å². The Kier molecular flexibility index (Phi) is 3.74. The molecule has 0 unspecified atom stereocenters. The average molecular weight is 205 g/mol. The van der Waals surface area contributed by atoms with Crippen LogP contribution < -0.4 is 16.4 Å². The van der Waals surface area contributed by atoms with Gasteiger partial charge in [-0.15, -0.1) is 0 Å². The third-order valence-corrected chi connectivity index (χ3v) is 1.84. The fraction of sp³-hybridized carbons (Fsp3) is 0.182. The number of rotatable bonds is 2. The van der Waals surface area contributed by atoms with E-state index in [1.54, 1.807) is 18.3 Å². The number of nitrogen functional groups attached to an aromatic ring is 1. The molecule has 2 amide bonds. The van der Waals surface area contributed by atoms with Crippen molar-refractivity contribution in [1.29, 1.82) is 0 Å². The van der Waals surface area contributed by atoms with E-state index in [9.17, 15) is 4.79 Å². The molecule has 15 heavy (non-hydrogen) atoms. The zero-order valence-electron chi connectivity index (χ0n) is 8.87. The molecule has 1 aromatic carbocycles. The number of hydrogen-bond acceptors (Lipinski definition) is 2. The summed E-state index contributed by atoms with van der Waals surface area (Å²) < 4.78 is 0. The van der Waals surface area contributed by atoms with Gasteiger partial charge >= 0.3 is 6.03 Å². The van der Waals surface area contributed by atoms with Gasteiger partial charge in [0.25, 0.3) is 0 Å². The summed E-state index contributed by atoms with van der Waals surface area (Å²) in [5, 5.41) is 5.18. The van der Waals surface area contributed by atoms with Gasteiger partial charge in [-0.3, -0.25) is 0 Å². The van der Waals surface area contributed by atoms with E-state index in [0.29, 0.717) is 11.4 Å². The van der Waals surface area contributed by atoms with Crippen LogP contribution >= 0.6 is 0 Å². The first kappa shape index (κ1) is 11.1. The molecular formula is C11H15N3O. The number of amides is 2. The summed E-state index contributed by atoms with van der Waals surface area (Å²) in [4.78, 5) is 11.3. The molecule has 0 aliphatic rings. The Morgan fingerprint density at radius 1 is 1.47 bits per heavy atom. The van der Waals surface area contributed by atoms with Gasteiger partial charge in [-0.05, 0) is 31.5 Å². The van der Waals surface area contributed by atoms with Crippen molar-refractivity contribution in [2.24, 2.45) is 0 Å². The van der Waals surface area contributed by atoms with Gasteiger partial charge in [0.2, 0.25) is 0 Å². The van der Waals surface area contributed by atoms with E-state index in [4.69, 9.17) is 5.73 Å². The van der Waals surface area contributed by atoms with Gasteiger partial charge in [-0.2, -0.15) is 0 Å². The van der Waals surface area contributed by atoms with Gasteiger partial charge in [0.15, 0.2) is 0 Å². The summed E-state index contributed by atoms with van der Waals surface area (Å²) in [5.74, 6) is 0. The summed E-state index contributed by atoms with van der Waals surface area (Å²) in [7, 11) is 0. The number of carbonyl (C=O) groups is 1. The van der Waals surface area contributed by atoms with Crippen LogP contribution in [0.1, 0.15) is 12.5 Å². The molecule has 0 saturated carbocycles. The Morgan fingerprint density at radius 3 is 2.80 bits per heavy atom. The fourth-order valence-electron chi connectivity index (χ4n) is 1.11. The van der Waals surface area contributed by atoms with Crippen molar-refractivity contribution in [2.45, 2.75) is 13.8 Å². The predicted molar refractivity (Wildman–Crippen MR) is 62.6 cm³/mol. The Balaban J connectivity index is 2.68. The van der Waals surface area contributed by atoms with E-state index in [1.165, 1.54) is 0 Å². The highest BCUT2D eigenvalue weighted by Crippen LogP contribution is 2.18. The topological polar surface area (TPSA) is 67.2 Å². The molecule has 0 aliphatic heterocycles.